The molecule has 0 aromatic rings. The van der Waals surface area contributed by atoms with Crippen molar-refractivity contribution in [1.82, 2.24) is 4.72 Å². The highest BCUT2D eigenvalue weighted by Crippen LogP contribution is 2.14. The Balaban J connectivity index is 4.31. The average molecular weight is 231 g/mol. The van der Waals surface area contributed by atoms with Crippen molar-refractivity contribution in [1.29, 1.82) is 0 Å². The van der Waals surface area contributed by atoms with Gasteiger partial charge in [0.15, 0.2) is 0 Å². The number of rotatable bonds is 4. The van der Waals surface area contributed by atoms with Gasteiger partial charge in [0.1, 0.15) is 4.75 Å². The van der Waals surface area contributed by atoms with Crippen LogP contribution in [0, 0.1) is 0 Å². The van der Waals surface area contributed by atoms with Crippen LogP contribution in [-0.4, -0.2) is 28.6 Å². The molecule has 0 radical (unpaired) electrons. The summed E-state index contributed by atoms with van der Waals surface area (Å²) in [5, 5.41) is 0. The lowest BCUT2D eigenvalue weighted by atomic mass is 10.2. The average Bonchev–Trinajstić information content (AvgIpc) is 2.12. The van der Waals surface area contributed by atoms with Gasteiger partial charge in [-0.1, -0.05) is 0 Å². The van der Waals surface area contributed by atoms with Crippen molar-refractivity contribution >= 4 is 17.6 Å². The van der Waals surface area contributed by atoms with Crippen molar-refractivity contribution in [2.24, 2.45) is 10.7 Å². The van der Waals surface area contributed by atoms with E-state index in [-0.39, 0.29) is 10.8 Å². The summed E-state index contributed by atoms with van der Waals surface area (Å²) in [7, 11) is 1.68. The maximum atomic E-state index is 11.7. The predicted molar refractivity (Wildman–Crippen MR) is 67.2 cm³/mol. The Labute approximate surface area is 95.3 Å². The first-order valence-corrected chi connectivity index (χ1v) is 6.00. The molecule has 0 saturated heterocycles. The zero-order valence-corrected chi connectivity index (χ0v) is 10.9. The lowest BCUT2D eigenvalue weighted by Gasteiger charge is -2.26. The maximum absolute atomic E-state index is 11.7. The van der Waals surface area contributed by atoms with E-state index in [0.717, 1.165) is 0 Å². The number of nitrogens with zero attached hydrogens (tertiary/aromatic N) is 1. The van der Waals surface area contributed by atoms with Gasteiger partial charge < -0.3 is 10.3 Å². The molecule has 0 bridgehead atoms. The van der Waals surface area contributed by atoms with Crippen molar-refractivity contribution in [2.45, 2.75) is 38.5 Å². The molecule has 3 N–H and O–H groups in total. The molecular weight excluding hydrogens is 210 g/mol. The Hall–Kier alpha value is -0.520. The summed E-state index contributed by atoms with van der Waals surface area (Å²) in [6, 6.07) is -0.122. The summed E-state index contributed by atoms with van der Waals surface area (Å²) in [5.41, 5.74) is 6.39. The number of hydrogen-bond acceptors (Lipinski definition) is 4. The Kier molecular flexibility index (Phi) is 5.93. The molecule has 0 aliphatic heterocycles. The van der Waals surface area contributed by atoms with Gasteiger partial charge in [-0.15, -0.1) is 4.72 Å². The van der Waals surface area contributed by atoms with Gasteiger partial charge in [0.05, 0.1) is 6.04 Å². The van der Waals surface area contributed by atoms with E-state index in [1.54, 1.807) is 19.3 Å². The SMILES string of the molecule is CN=CC=C(N)[C@@H](C)N[S+]([O-])C(C)(C)C. The molecule has 4 nitrogen and oxygen atoms in total. The quantitative estimate of drug-likeness (QED) is 0.559. The topological polar surface area (TPSA) is 73.5 Å². The Morgan fingerprint density at radius 3 is 2.47 bits per heavy atom. The summed E-state index contributed by atoms with van der Waals surface area (Å²) in [5.74, 6) is 0. The Bertz CT molecular complexity index is 246. The minimum Gasteiger partial charge on any atom is -0.598 e. The lowest BCUT2D eigenvalue weighted by Crippen LogP contribution is -2.45. The molecule has 0 rings (SSSR count). The lowest BCUT2D eigenvalue weighted by molar-refractivity contribution is 0.536. The van der Waals surface area contributed by atoms with Crippen LogP contribution in [0.25, 0.3) is 0 Å². The molecule has 0 fully saturated rings. The molecule has 15 heavy (non-hydrogen) atoms. The van der Waals surface area contributed by atoms with E-state index in [4.69, 9.17) is 5.73 Å². The third kappa shape index (κ3) is 5.81. The molecule has 0 amide bonds. The molecular formula is C10H21N3OS. The summed E-state index contributed by atoms with van der Waals surface area (Å²) in [4.78, 5) is 3.80. The fourth-order valence-corrected chi connectivity index (χ4v) is 1.52. The fraction of sp³-hybridized carbons (Fsp3) is 0.700. The molecule has 0 aromatic heterocycles. The van der Waals surface area contributed by atoms with E-state index >= 15 is 0 Å². The van der Waals surface area contributed by atoms with Gasteiger partial charge in [0.2, 0.25) is 0 Å². The van der Waals surface area contributed by atoms with Gasteiger partial charge in [-0.05, 0) is 33.8 Å². The van der Waals surface area contributed by atoms with Gasteiger partial charge in [-0.3, -0.25) is 4.99 Å². The smallest absolute Gasteiger partial charge is 0.136 e. The first-order chi connectivity index (χ1) is 6.79. The number of nitrogens with two attached hydrogens (primary N) is 1. The van der Waals surface area contributed by atoms with Crippen LogP contribution in [0.3, 0.4) is 0 Å². The number of nitrogens with one attached hydrogen (secondary N) is 1. The molecule has 2 atom stereocenters. The van der Waals surface area contributed by atoms with Crippen molar-refractivity contribution in [2.75, 3.05) is 7.05 Å². The molecule has 88 valence electrons. The normalized spacial score (nSPS) is 18.1. The van der Waals surface area contributed by atoms with E-state index in [9.17, 15) is 4.55 Å². The van der Waals surface area contributed by atoms with Gasteiger partial charge in [0.25, 0.3) is 0 Å². The third-order valence-electron chi connectivity index (χ3n) is 1.76. The summed E-state index contributed by atoms with van der Waals surface area (Å²) >= 11 is -1.11. The standard InChI is InChI=1S/C10H21N3OS/c1-8(9(11)6-7-12-5)13-15(14)10(2,3)4/h6-8,13H,11H2,1-5H3/t8-,15?/m1/s1. The molecule has 1 unspecified atom stereocenters. The summed E-state index contributed by atoms with van der Waals surface area (Å²) in [6.45, 7) is 7.61. The molecule has 5 heteroatoms. The number of allylic oxidation sites excluding steroid dienone is 1. The number of aliphatic imine (C=N–C) groups is 1. The Morgan fingerprint density at radius 2 is 2.07 bits per heavy atom. The maximum Gasteiger partial charge on any atom is 0.136 e. The minimum absolute atomic E-state index is 0.122. The highest BCUT2D eigenvalue weighted by molar-refractivity contribution is 7.90. The van der Waals surface area contributed by atoms with Gasteiger partial charge >= 0.3 is 0 Å². The zero-order valence-electron chi connectivity index (χ0n) is 10.1. The van der Waals surface area contributed by atoms with E-state index in [0.29, 0.717) is 5.70 Å². The second-order valence-corrected chi connectivity index (χ2v) is 6.29. The molecule has 0 aliphatic rings. The van der Waals surface area contributed by atoms with Crippen LogP contribution in [-0.2, 0) is 11.4 Å². The molecule has 0 aliphatic carbocycles. The van der Waals surface area contributed by atoms with E-state index in [2.05, 4.69) is 9.71 Å². The van der Waals surface area contributed by atoms with Crippen LogP contribution in [0.2, 0.25) is 0 Å². The van der Waals surface area contributed by atoms with Crippen molar-refractivity contribution in [3.63, 3.8) is 0 Å². The molecule has 0 heterocycles. The second-order valence-electron chi connectivity index (χ2n) is 4.29. The van der Waals surface area contributed by atoms with Crippen molar-refractivity contribution < 1.29 is 4.55 Å². The van der Waals surface area contributed by atoms with Gasteiger partial charge in [-0.2, -0.15) is 0 Å². The van der Waals surface area contributed by atoms with Crippen LogP contribution < -0.4 is 10.5 Å². The monoisotopic (exact) mass is 231 g/mol. The first-order valence-electron chi connectivity index (χ1n) is 4.85. The highest BCUT2D eigenvalue weighted by atomic mass is 32.2. The second kappa shape index (κ2) is 6.15. The van der Waals surface area contributed by atoms with Crippen LogP contribution in [0.15, 0.2) is 16.8 Å². The Morgan fingerprint density at radius 1 is 1.53 bits per heavy atom. The summed E-state index contributed by atoms with van der Waals surface area (Å²) in [6.07, 6.45) is 3.32. The molecule has 0 saturated carbocycles. The van der Waals surface area contributed by atoms with E-state index < -0.39 is 11.4 Å². The van der Waals surface area contributed by atoms with E-state index in [1.807, 2.05) is 27.7 Å². The highest BCUT2D eigenvalue weighted by Gasteiger charge is 2.28. The number of hydrogen-bond donors (Lipinski definition) is 2. The molecule has 0 spiro atoms. The zero-order chi connectivity index (χ0) is 12.1. The van der Waals surface area contributed by atoms with Crippen LogP contribution in [0.1, 0.15) is 27.7 Å². The predicted octanol–water partition coefficient (Wildman–Crippen LogP) is 0.970. The van der Waals surface area contributed by atoms with Crippen molar-refractivity contribution in [3.05, 3.63) is 11.8 Å². The first kappa shape index (κ1) is 14.5. The van der Waals surface area contributed by atoms with Gasteiger partial charge in [0, 0.05) is 30.3 Å². The van der Waals surface area contributed by atoms with Crippen molar-refractivity contribution in [3.8, 4) is 0 Å². The molecule has 0 aromatic carbocycles. The summed E-state index contributed by atoms with van der Waals surface area (Å²) < 4.78 is 14.4. The largest absolute Gasteiger partial charge is 0.598 e. The van der Waals surface area contributed by atoms with Gasteiger partial charge in [-0.25, -0.2) is 0 Å². The fourth-order valence-electron chi connectivity index (χ4n) is 0.710. The van der Waals surface area contributed by atoms with Crippen LogP contribution in [0.4, 0.5) is 0 Å². The third-order valence-corrected chi connectivity index (χ3v) is 3.44. The van der Waals surface area contributed by atoms with E-state index in [1.165, 1.54) is 0 Å². The van der Waals surface area contributed by atoms with Crippen LogP contribution in [0.5, 0.6) is 0 Å². The minimum atomic E-state index is -1.11. The van der Waals surface area contributed by atoms with Crippen LogP contribution >= 0.6 is 0 Å².